The Bertz CT molecular complexity index is 1470. The summed E-state index contributed by atoms with van der Waals surface area (Å²) in [5.74, 6) is -0.127. The number of rotatable bonds is 10. The Morgan fingerprint density at radius 2 is 1.73 bits per heavy atom. The second-order valence-corrected chi connectivity index (χ2v) is 13.2. The van der Waals surface area contributed by atoms with Gasteiger partial charge in [0.15, 0.2) is 0 Å². The van der Waals surface area contributed by atoms with Crippen molar-refractivity contribution < 1.29 is 18.1 Å². The number of hydrogen-bond donors (Lipinski definition) is 2. The number of anilines is 2. The number of nitrogens with zero attached hydrogens (tertiary/aromatic N) is 2. The van der Waals surface area contributed by atoms with Crippen molar-refractivity contribution >= 4 is 44.8 Å². The molecule has 3 aromatic rings. The Hall–Kier alpha value is -3.57. The zero-order chi connectivity index (χ0) is 28.2. The molecule has 2 N–H and O–H groups in total. The minimum Gasteiger partial charge on any atom is -0.379 e. The fourth-order valence-corrected chi connectivity index (χ4v) is 7.39. The first-order valence-electron chi connectivity index (χ1n) is 13.4. The first-order valence-corrected chi connectivity index (χ1v) is 15.8. The summed E-state index contributed by atoms with van der Waals surface area (Å²) in [6.07, 6.45) is 6.30. The van der Waals surface area contributed by atoms with E-state index < -0.39 is 20.9 Å². The predicted octanol–water partition coefficient (Wildman–Crippen LogP) is 5.69. The van der Waals surface area contributed by atoms with Crippen molar-refractivity contribution in [3.63, 3.8) is 0 Å². The van der Waals surface area contributed by atoms with E-state index in [1.165, 1.54) is 44.2 Å². The van der Waals surface area contributed by atoms with Gasteiger partial charge in [-0.2, -0.15) is 0 Å². The van der Waals surface area contributed by atoms with Gasteiger partial charge < -0.3 is 10.2 Å². The van der Waals surface area contributed by atoms with Crippen LogP contribution in [0.5, 0.6) is 0 Å². The molecule has 11 heteroatoms. The lowest BCUT2D eigenvalue weighted by Gasteiger charge is -2.24. The van der Waals surface area contributed by atoms with Crippen molar-refractivity contribution in [1.82, 2.24) is 4.72 Å². The Morgan fingerprint density at radius 1 is 1.00 bits per heavy atom. The number of nitro benzene ring substituents is 1. The summed E-state index contributed by atoms with van der Waals surface area (Å²) in [5.41, 5.74) is 1.46. The molecule has 9 nitrogen and oxygen atoms in total. The molecule has 2 aliphatic rings. The maximum Gasteiger partial charge on any atom is 0.293 e. The largest absolute Gasteiger partial charge is 0.379 e. The molecule has 0 unspecified atom stereocenters. The van der Waals surface area contributed by atoms with Gasteiger partial charge >= 0.3 is 0 Å². The fraction of sp³-hybridized carbons (Fsp3) is 0.345. The van der Waals surface area contributed by atoms with Crippen LogP contribution in [-0.4, -0.2) is 44.6 Å². The number of benzene rings is 3. The average molecular weight is 581 g/mol. The molecule has 1 heterocycles. The fourth-order valence-electron chi connectivity index (χ4n) is 5.60. The Morgan fingerprint density at radius 3 is 2.42 bits per heavy atom. The third-order valence-corrected chi connectivity index (χ3v) is 10.1. The lowest BCUT2D eigenvalue weighted by molar-refractivity contribution is -0.384. The lowest BCUT2D eigenvalue weighted by atomic mass is 9.86. The molecular formula is C29H32N4O5S2. The van der Waals surface area contributed by atoms with E-state index in [1.807, 2.05) is 47.2 Å². The van der Waals surface area contributed by atoms with Gasteiger partial charge in [-0.05, 0) is 73.2 Å². The molecule has 0 atom stereocenters. The molecule has 0 aromatic heterocycles. The van der Waals surface area contributed by atoms with Crippen LogP contribution in [0.25, 0.3) is 0 Å². The Kier molecular flexibility index (Phi) is 8.32. The maximum atomic E-state index is 13.0. The van der Waals surface area contributed by atoms with Gasteiger partial charge in [0, 0.05) is 47.6 Å². The van der Waals surface area contributed by atoms with E-state index in [0.29, 0.717) is 17.7 Å². The molecule has 1 aliphatic heterocycles. The maximum absolute atomic E-state index is 13.0. The number of hydrogen-bond acceptors (Lipinski definition) is 8. The van der Waals surface area contributed by atoms with Crippen LogP contribution in [0, 0.1) is 15.5 Å². The van der Waals surface area contributed by atoms with Gasteiger partial charge in [-0.3, -0.25) is 14.9 Å². The molecule has 5 rings (SSSR count). The first-order chi connectivity index (χ1) is 19.2. The summed E-state index contributed by atoms with van der Waals surface area (Å²) in [4.78, 5) is 26.9. The summed E-state index contributed by atoms with van der Waals surface area (Å²) in [6.45, 7) is 2.44. The van der Waals surface area contributed by atoms with Gasteiger partial charge in [0.05, 0.1) is 9.82 Å². The zero-order valence-electron chi connectivity index (χ0n) is 22.0. The van der Waals surface area contributed by atoms with E-state index in [-0.39, 0.29) is 21.8 Å². The number of carbonyl (C=O) groups excluding carboxylic acids is 1. The summed E-state index contributed by atoms with van der Waals surface area (Å²) >= 11 is 1.60. The van der Waals surface area contributed by atoms with Crippen molar-refractivity contribution in [2.75, 3.05) is 35.6 Å². The van der Waals surface area contributed by atoms with Crippen LogP contribution in [0.15, 0.2) is 82.6 Å². The topological polar surface area (TPSA) is 122 Å². The summed E-state index contributed by atoms with van der Waals surface area (Å²) in [7, 11) is -4.33. The molecule has 2 fully saturated rings. The first kappa shape index (κ1) is 28.0. The highest BCUT2D eigenvalue weighted by Gasteiger charge is 2.40. The summed E-state index contributed by atoms with van der Waals surface area (Å²) in [5, 5.41) is 14.7. The van der Waals surface area contributed by atoms with Gasteiger partial charge in [-0.15, -0.1) is 11.8 Å². The number of nitrogens with one attached hydrogen (secondary N) is 2. The van der Waals surface area contributed by atoms with Gasteiger partial charge in [0.2, 0.25) is 0 Å². The quantitative estimate of drug-likeness (QED) is 0.136. The van der Waals surface area contributed by atoms with Crippen LogP contribution >= 0.6 is 11.8 Å². The standard InChI is InChI=1S/C29H32N4O5S2/c34-28(22-8-10-23(11-9-22)32-18-16-29(21-32)14-4-5-15-29)31-40(37,38)25-12-13-26(27(20-25)33(35)36)30-17-19-39-24-6-2-1-3-7-24/h1-3,6-13,20,30H,4-5,14-19,21H2,(H,31,34). The Balaban J connectivity index is 1.21. The number of thioether (sulfide) groups is 1. The molecule has 0 bridgehead atoms. The monoisotopic (exact) mass is 580 g/mol. The second kappa shape index (κ2) is 11.9. The molecule has 40 heavy (non-hydrogen) atoms. The zero-order valence-corrected chi connectivity index (χ0v) is 23.7. The van der Waals surface area contributed by atoms with Crippen LogP contribution in [0.4, 0.5) is 17.1 Å². The predicted molar refractivity (Wildman–Crippen MR) is 158 cm³/mol. The molecule has 3 aromatic carbocycles. The van der Waals surface area contributed by atoms with E-state index in [9.17, 15) is 23.3 Å². The third-order valence-electron chi connectivity index (χ3n) is 7.73. The SMILES string of the molecule is O=C(NS(=O)(=O)c1ccc(NCCSc2ccccc2)c([N+](=O)[O-])c1)c1ccc(N2CCC3(CCCC3)C2)cc1. The minimum atomic E-state index is -4.33. The third kappa shape index (κ3) is 6.42. The molecule has 0 radical (unpaired) electrons. The number of nitro groups is 1. The van der Waals surface area contributed by atoms with Crippen LogP contribution < -0.4 is 14.9 Å². The van der Waals surface area contributed by atoms with Crippen molar-refractivity contribution in [2.24, 2.45) is 5.41 Å². The Labute approximate surface area is 238 Å². The highest BCUT2D eigenvalue weighted by Crippen LogP contribution is 2.46. The van der Waals surface area contributed by atoms with E-state index in [4.69, 9.17) is 0 Å². The van der Waals surface area contributed by atoms with Crippen LogP contribution in [0.2, 0.25) is 0 Å². The lowest BCUT2D eigenvalue weighted by Crippen LogP contribution is -2.30. The highest BCUT2D eigenvalue weighted by atomic mass is 32.2. The van der Waals surface area contributed by atoms with Crippen molar-refractivity contribution in [3.8, 4) is 0 Å². The molecule has 1 aliphatic carbocycles. The second-order valence-electron chi connectivity index (χ2n) is 10.4. The van der Waals surface area contributed by atoms with Crippen LogP contribution in [0.3, 0.4) is 0 Å². The van der Waals surface area contributed by atoms with E-state index in [1.54, 1.807) is 23.9 Å². The van der Waals surface area contributed by atoms with Gasteiger partial charge in [0.25, 0.3) is 21.6 Å². The van der Waals surface area contributed by atoms with E-state index >= 15 is 0 Å². The number of carbonyl (C=O) groups is 1. The minimum absolute atomic E-state index is 0.200. The summed E-state index contributed by atoms with van der Waals surface area (Å²) < 4.78 is 28.0. The van der Waals surface area contributed by atoms with Gasteiger partial charge in [-0.1, -0.05) is 31.0 Å². The van der Waals surface area contributed by atoms with E-state index in [0.717, 1.165) is 29.7 Å². The molecule has 1 saturated heterocycles. The molecule has 1 amide bonds. The number of amides is 1. The molecule has 210 valence electrons. The van der Waals surface area contributed by atoms with Gasteiger partial charge in [0.1, 0.15) is 5.69 Å². The molecule has 1 spiro atoms. The van der Waals surface area contributed by atoms with Gasteiger partial charge in [-0.25, -0.2) is 13.1 Å². The molecule has 1 saturated carbocycles. The summed E-state index contributed by atoms with van der Waals surface area (Å²) in [6, 6.07) is 20.3. The highest BCUT2D eigenvalue weighted by molar-refractivity contribution is 7.99. The smallest absolute Gasteiger partial charge is 0.293 e. The normalized spacial score (nSPS) is 16.2. The molecular weight excluding hydrogens is 548 g/mol. The van der Waals surface area contributed by atoms with Crippen molar-refractivity contribution in [1.29, 1.82) is 0 Å². The van der Waals surface area contributed by atoms with Crippen LogP contribution in [-0.2, 0) is 10.0 Å². The van der Waals surface area contributed by atoms with Crippen LogP contribution in [0.1, 0.15) is 42.5 Å². The van der Waals surface area contributed by atoms with Crippen molar-refractivity contribution in [2.45, 2.75) is 41.9 Å². The number of sulfonamides is 1. The van der Waals surface area contributed by atoms with E-state index in [2.05, 4.69) is 10.2 Å². The van der Waals surface area contributed by atoms with Crippen molar-refractivity contribution in [3.05, 3.63) is 88.5 Å². The average Bonchev–Trinajstić information content (AvgIpc) is 3.60.